The van der Waals surface area contributed by atoms with Gasteiger partial charge in [0, 0.05) is 35.1 Å². The molecular weight excluding hydrogens is 432 g/mol. The number of nitrogens with zero attached hydrogens (tertiary/aromatic N) is 2. The van der Waals surface area contributed by atoms with Gasteiger partial charge in [0.2, 0.25) is 0 Å². The van der Waals surface area contributed by atoms with Crippen molar-refractivity contribution in [2.24, 2.45) is 0 Å². The van der Waals surface area contributed by atoms with Gasteiger partial charge in [0.05, 0.1) is 11.3 Å². The summed E-state index contributed by atoms with van der Waals surface area (Å²) < 4.78 is 5.48. The quantitative estimate of drug-likeness (QED) is 0.328. The van der Waals surface area contributed by atoms with Gasteiger partial charge in [-0.2, -0.15) is 0 Å². The van der Waals surface area contributed by atoms with Crippen LogP contribution in [0.4, 0.5) is 4.79 Å². The maximum Gasteiger partial charge on any atom is 0.410 e. The number of rotatable bonds is 5. The summed E-state index contributed by atoms with van der Waals surface area (Å²) in [6, 6.07) is 17.9. The van der Waals surface area contributed by atoms with Crippen LogP contribution in [0.2, 0.25) is 0 Å². The standard InChI is InChI=1S/C27H30N2O3S/c1-27(2,3)32-26(31)29-16-13-20(14-17-29)19-8-10-21(11-9-19)24(30)18-33-25-12-15-28-23-7-5-4-6-22(23)25/h4-12,15,20H,13-14,16-18H2,1-3H3. The number of thioether (sulfide) groups is 1. The van der Waals surface area contributed by atoms with Gasteiger partial charge in [0.1, 0.15) is 5.60 Å². The summed E-state index contributed by atoms with van der Waals surface area (Å²) in [6.07, 6.45) is 3.36. The molecule has 0 unspecified atom stereocenters. The molecule has 1 aromatic heterocycles. The number of Topliss-reactive ketones (excluding diaryl/α,β-unsaturated/α-hetero) is 1. The van der Waals surface area contributed by atoms with Gasteiger partial charge in [0.15, 0.2) is 5.78 Å². The van der Waals surface area contributed by atoms with Crippen LogP contribution < -0.4 is 0 Å². The third kappa shape index (κ3) is 5.93. The average Bonchev–Trinajstić information content (AvgIpc) is 2.81. The van der Waals surface area contributed by atoms with E-state index >= 15 is 0 Å². The highest BCUT2D eigenvalue weighted by Crippen LogP contribution is 2.30. The average molecular weight is 463 g/mol. The van der Waals surface area contributed by atoms with Crippen LogP contribution in [0.25, 0.3) is 10.9 Å². The fraction of sp³-hybridized carbons (Fsp3) is 0.370. The molecule has 1 saturated heterocycles. The number of carbonyl (C=O) groups excluding carboxylic acids is 2. The van der Waals surface area contributed by atoms with Crippen LogP contribution in [-0.2, 0) is 4.74 Å². The van der Waals surface area contributed by atoms with Crippen LogP contribution in [0.3, 0.4) is 0 Å². The van der Waals surface area contributed by atoms with Crippen molar-refractivity contribution in [3.63, 3.8) is 0 Å². The van der Waals surface area contributed by atoms with Gasteiger partial charge in [-0.05, 0) is 57.2 Å². The molecule has 0 bridgehead atoms. The molecule has 6 heteroatoms. The van der Waals surface area contributed by atoms with Gasteiger partial charge in [-0.1, -0.05) is 42.5 Å². The summed E-state index contributed by atoms with van der Waals surface area (Å²) in [5, 5.41) is 1.07. The van der Waals surface area contributed by atoms with Gasteiger partial charge >= 0.3 is 6.09 Å². The Hall–Kier alpha value is -2.86. The first kappa shape index (κ1) is 23.3. The van der Waals surface area contributed by atoms with E-state index in [1.165, 1.54) is 5.56 Å². The number of piperidine rings is 1. The molecule has 0 saturated carbocycles. The summed E-state index contributed by atoms with van der Waals surface area (Å²) in [4.78, 5) is 32.3. The molecule has 172 valence electrons. The summed E-state index contributed by atoms with van der Waals surface area (Å²) in [5.41, 5.74) is 2.43. The van der Waals surface area contributed by atoms with E-state index in [0.29, 0.717) is 24.8 Å². The third-order valence-corrected chi connectivity index (χ3v) is 6.89. The van der Waals surface area contributed by atoms with Crippen molar-refractivity contribution < 1.29 is 14.3 Å². The molecule has 5 nitrogen and oxygen atoms in total. The Kier molecular flexibility index (Phi) is 7.03. The molecule has 1 aliphatic rings. The van der Waals surface area contributed by atoms with Gasteiger partial charge in [-0.3, -0.25) is 9.78 Å². The third-order valence-electron chi connectivity index (χ3n) is 5.82. The van der Waals surface area contributed by atoms with E-state index in [-0.39, 0.29) is 11.9 Å². The molecular formula is C27H30N2O3S. The number of likely N-dealkylation sites (tertiary alicyclic amines) is 1. The fourth-order valence-corrected chi connectivity index (χ4v) is 5.02. The number of pyridine rings is 1. The van der Waals surface area contributed by atoms with Gasteiger partial charge < -0.3 is 9.64 Å². The van der Waals surface area contributed by atoms with Crippen molar-refractivity contribution in [3.05, 3.63) is 71.9 Å². The summed E-state index contributed by atoms with van der Waals surface area (Å²) in [5.74, 6) is 0.902. The van der Waals surface area contributed by atoms with Gasteiger partial charge in [0.25, 0.3) is 0 Å². The number of amides is 1. The lowest BCUT2D eigenvalue weighted by Crippen LogP contribution is -2.41. The van der Waals surface area contributed by atoms with E-state index < -0.39 is 5.60 Å². The zero-order valence-corrected chi connectivity index (χ0v) is 20.2. The molecule has 33 heavy (non-hydrogen) atoms. The first-order chi connectivity index (χ1) is 15.8. The topological polar surface area (TPSA) is 59.5 Å². The molecule has 2 heterocycles. The normalized spacial score (nSPS) is 14.9. The molecule has 4 rings (SSSR count). The minimum absolute atomic E-state index is 0.118. The number of carbonyl (C=O) groups is 2. The maximum absolute atomic E-state index is 12.8. The lowest BCUT2D eigenvalue weighted by atomic mass is 9.89. The molecule has 0 radical (unpaired) electrons. The minimum atomic E-state index is -0.473. The second kappa shape index (κ2) is 9.96. The van der Waals surface area contributed by atoms with E-state index in [1.807, 2.05) is 63.2 Å². The maximum atomic E-state index is 12.8. The second-order valence-electron chi connectivity index (χ2n) is 9.40. The van der Waals surface area contributed by atoms with Crippen molar-refractivity contribution in [2.45, 2.75) is 50.0 Å². The lowest BCUT2D eigenvalue weighted by Gasteiger charge is -2.33. The monoisotopic (exact) mass is 462 g/mol. The van der Waals surface area contributed by atoms with Crippen LogP contribution in [-0.4, -0.2) is 46.2 Å². The van der Waals surface area contributed by atoms with Crippen molar-refractivity contribution in [2.75, 3.05) is 18.8 Å². The van der Waals surface area contributed by atoms with Gasteiger partial charge in [-0.15, -0.1) is 11.8 Å². The highest BCUT2D eigenvalue weighted by Gasteiger charge is 2.27. The van der Waals surface area contributed by atoms with Crippen molar-refractivity contribution >= 4 is 34.5 Å². The first-order valence-corrected chi connectivity index (χ1v) is 12.4. The lowest BCUT2D eigenvalue weighted by molar-refractivity contribution is 0.0204. The Morgan fingerprint density at radius 1 is 1.03 bits per heavy atom. The van der Waals surface area contributed by atoms with E-state index in [1.54, 1.807) is 22.9 Å². The largest absolute Gasteiger partial charge is 0.444 e. The fourth-order valence-electron chi connectivity index (χ4n) is 4.09. The van der Waals surface area contributed by atoms with E-state index in [4.69, 9.17) is 4.74 Å². The summed E-state index contributed by atoms with van der Waals surface area (Å²) in [7, 11) is 0. The Balaban J connectivity index is 1.32. The van der Waals surface area contributed by atoms with Gasteiger partial charge in [-0.25, -0.2) is 4.79 Å². The van der Waals surface area contributed by atoms with Crippen molar-refractivity contribution in [1.29, 1.82) is 0 Å². The predicted octanol–water partition coefficient (Wildman–Crippen LogP) is 6.32. The zero-order valence-electron chi connectivity index (χ0n) is 19.4. The van der Waals surface area contributed by atoms with E-state index in [2.05, 4.69) is 17.1 Å². The minimum Gasteiger partial charge on any atom is -0.444 e. The Morgan fingerprint density at radius 2 is 1.73 bits per heavy atom. The molecule has 0 atom stereocenters. The Bertz CT molecular complexity index is 1120. The van der Waals surface area contributed by atoms with Crippen LogP contribution in [0.15, 0.2) is 65.7 Å². The van der Waals surface area contributed by atoms with E-state index in [9.17, 15) is 9.59 Å². The molecule has 1 amide bonds. The van der Waals surface area contributed by atoms with Crippen LogP contribution in [0.5, 0.6) is 0 Å². The first-order valence-electron chi connectivity index (χ1n) is 11.4. The molecule has 0 N–H and O–H groups in total. The molecule has 1 aliphatic heterocycles. The van der Waals surface area contributed by atoms with Crippen molar-refractivity contribution in [1.82, 2.24) is 9.88 Å². The van der Waals surface area contributed by atoms with Crippen molar-refractivity contribution in [3.8, 4) is 0 Å². The van der Waals surface area contributed by atoms with Crippen LogP contribution in [0, 0.1) is 0 Å². The van der Waals surface area contributed by atoms with Crippen LogP contribution in [0.1, 0.15) is 55.5 Å². The van der Waals surface area contributed by atoms with E-state index in [0.717, 1.165) is 34.2 Å². The summed E-state index contributed by atoms with van der Waals surface area (Å²) >= 11 is 1.55. The molecule has 2 aromatic carbocycles. The SMILES string of the molecule is CC(C)(C)OC(=O)N1CCC(c2ccc(C(=O)CSc3ccnc4ccccc34)cc2)CC1. The predicted molar refractivity (Wildman–Crippen MR) is 133 cm³/mol. The second-order valence-corrected chi connectivity index (χ2v) is 10.4. The van der Waals surface area contributed by atoms with Crippen LogP contribution >= 0.6 is 11.8 Å². The molecule has 0 aliphatic carbocycles. The number of hydrogen-bond acceptors (Lipinski definition) is 5. The number of para-hydroxylation sites is 1. The molecule has 3 aromatic rings. The number of aromatic nitrogens is 1. The molecule has 1 fully saturated rings. The highest BCUT2D eigenvalue weighted by atomic mass is 32.2. The number of benzene rings is 2. The Labute approximate surface area is 199 Å². The zero-order chi connectivity index (χ0) is 23.4. The Morgan fingerprint density at radius 3 is 2.42 bits per heavy atom. The number of ether oxygens (including phenoxy) is 1. The smallest absolute Gasteiger partial charge is 0.410 e. The number of hydrogen-bond donors (Lipinski definition) is 0. The summed E-state index contributed by atoms with van der Waals surface area (Å²) in [6.45, 7) is 7.04. The number of ketones is 1. The molecule has 0 spiro atoms. The highest BCUT2D eigenvalue weighted by molar-refractivity contribution is 8.00. The number of fused-ring (bicyclic) bond motifs is 1.